The minimum atomic E-state index is -4.80. The van der Waals surface area contributed by atoms with Crippen LogP contribution >= 0.6 is 12.0 Å². The minimum Gasteiger partial charge on any atom is -0.306 e. The van der Waals surface area contributed by atoms with Gasteiger partial charge in [0.15, 0.2) is 23.2 Å². The van der Waals surface area contributed by atoms with E-state index < -0.39 is 42.6 Å². The summed E-state index contributed by atoms with van der Waals surface area (Å²) in [5.74, 6) is -3.41. The van der Waals surface area contributed by atoms with Crippen LogP contribution in [0.5, 0.6) is 0 Å². The topological polar surface area (TPSA) is 272 Å². The molecule has 2 heterocycles. The summed E-state index contributed by atoms with van der Waals surface area (Å²) in [7, 11) is -9.55. The number of para-hydroxylation sites is 2. The van der Waals surface area contributed by atoms with Crippen molar-refractivity contribution in [3.63, 3.8) is 0 Å². The number of azo groups is 1. The molecule has 3 aromatic carbocycles. The molecule has 5 aromatic rings. The van der Waals surface area contributed by atoms with E-state index in [4.69, 9.17) is 5.26 Å². The van der Waals surface area contributed by atoms with Crippen LogP contribution in [0.15, 0.2) is 105 Å². The summed E-state index contributed by atoms with van der Waals surface area (Å²) in [5, 5.41) is 36.8. The Labute approximate surface area is 293 Å². The molecule has 0 aliphatic heterocycles. The highest BCUT2D eigenvalue weighted by molar-refractivity contribution is 7.94. The first kappa shape index (κ1) is 36.6. The lowest BCUT2D eigenvalue weighted by Crippen LogP contribution is -2.23. The van der Waals surface area contributed by atoms with Crippen LogP contribution in [0.4, 0.5) is 34.6 Å². The number of rotatable bonds is 13. The Morgan fingerprint density at radius 3 is 2.24 bits per heavy atom. The number of hydrogen-bond acceptors (Lipinski definition) is 16. The quantitative estimate of drug-likeness (QED) is 0.0394. The highest BCUT2D eigenvalue weighted by Crippen LogP contribution is 2.36. The first-order chi connectivity index (χ1) is 24.3. The normalized spacial score (nSPS) is 11.7. The third-order valence-electron chi connectivity index (χ3n) is 6.52. The third kappa shape index (κ3) is 9.13. The Morgan fingerprint density at radius 2 is 1.67 bits per heavy atom. The van der Waals surface area contributed by atoms with Crippen LogP contribution in [0.2, 0.25) is 0 Å². The molecular formula is C29H23N9O10S3. The molecule has 0 atom stereocenters. The van der Waals surface area contributed by atoms with Crippen molar-refractivity contribution < 1.29 is 45.4 Å². The number of hydrogen-bond donors (Lipinski definition) is 4. The van der Waals surface area contributed by atoms with E-state index in [-0.39, 0.29) is 39.3 Å². The Morgan fingerprint density at radius 1 is 1.02 bits per heavy atom. The van der Waals surface area contributed by atoms with E-state index >= 15 is 0 Å². The predicted octanol–water partition coefficient (Wildman–Crippen LogP) is 5.23. The zero-order chi connectivity index (χ0) is 36.8. The van der Waals surface area contributed by atoms with Crippen molar-refractivity contribution >= 4 is 72.8 Å². The van der Waals surface area contributed by atoms with Crippen molar-refractivity contribution in [1.29, 1.82) is 5.26 Å². The average Bonchev–Trinajstić information content (AvgIpc) is 3.41. The van der Waals surface area contributed by atoms with Crippen LogP contribution < -0.4 is 10.2 Å². The summed E-state index contributed by atoms with van der Waals surface area (Å²) < 4.78 is 71.4. The third-order valence-corrected chi connectivity index (χ3v) is 8.54. The van der Waals surface area contributed by atoms with Crippen molar-refractivity contribution in [3.8, 4) is 11.8 Å². The van der Waals surface area contributed by atoms with Gasteiger partial charge in [-0.25, -0.2) is 19.9 Å². The zero-order valence-electron chi connectivity index (χ0n) is 25.8. The molecule has 2 aromatic heterocycles. The fourth-order valence-electron chi connectivity index (χ4n) is 4.48. The number of aryl methyl sites for hydroxylation is 1. The largest absolute Gasteiger partial charge is 0.306 e. The molecular weight excluding hydrogens is 731 g/mol. The number of anilines is 4. The number of amides is 1. The predicted molar refractivity (Wildman–Crippen MR) is 179 cm³/mol. The van der Waals surface area contributed by atoms with Gasteiger partial charge in [-0.3, -0.25) is 18.8 Å². The fraction of sp³-hybridized carbons (Fsp3) is 0.0690. The molecule has 4 N–H and O–H groups in total. The minimum absolute atomic E-state index is 0.00426. The van der Waals surface area contributed by atoms with Gasteiger partial charge < -0.3 is 5.32 Å². The van der Waals surface area contributed by atoms with Crippen molar-refractivity contribution in [3.05, 3.63) is 96.3 Å². The Kier molecular flexibility index (Phi) is 11.1. The maximum Gasteiger partial charge on any atom is 0.294 e. The number of nitrogens with zero attached hydrogens (tertiary/aromatic N) is 8. The second kappa shape index (κ2) is 15.5. The van der Waals surface area contributed by atoms with E-state index in [9.17, 15) is 36.0 Å². The second-order valence-electron chi connectivity index (χ2n) is 10.1. The monoisotopic (exact) mass is 753 g/mol. The molecule has 0 aliphatic rings. The number of nitrogens with one attached hydrogen (secondary N) is 1. The van der Waals surface area contributed by atoms with Crippen LogP contribution in [0.1, 0.15) is 11.3 Å². The van der Waals surface area contributed by atoms with Gasteiger partial charge in [0.05, 0.1) is 34.5 Å². The van der Waals surface area contributed by atoms with E-state index in [0.717, 1.165) is 16.8 Å². The maximum atomic E-state index is 12.7. The molecule has 0 bridgehead atoms. The van der Waals surface area contributed by atoms with Crippen LogP contribution in [-0.4, -0.2) is 62.6 Å². The number of carbonyl (C=O) groups excluding carboxylic acids is 1. The van der Waals surface area contributed by atoms with Crippen molar-refractivity contribution in [1.82, 2.24) is 19.7 Å². The molecule has 0 spiro atoms. The van der Waals surface area contributed by atoms with Crippen LogP contribution in [-0.2, 0) is 34.4 Å². The van der Waals surface area contributed by atoms with E-state index in [1.165, 1.54) is 19.2 Å². The average molecular weight is 754 g/mol. The van der Waals surface area contributed by atoms with Gasteiger partial charge in [-0.15, -0.1) is 14.6 Å². The van der Waals surface area contributed by atoms with Crippen LogP contribution in [0, 0.1) is 18.3 Å². The smallest absolute Gasteiger partial charge is 0.294 e. The molecule has 0 saturated carbocycles. The number of nitriles is 1. The molecule has 0 saturated heterocycles. The van der Waals surface area contributed by atoms with Gasteiger partial charge in [0.1, 0.15) is 11.6 Å². The second-order valence-corrected chi connectivity index (χ2v) is 13.7. The van der Waals surface area contributed by atoms with Gasteiger partial charge in [-0.2, -0.15) is 27.2 Å². The van der Waals surface area contributed by atoms with Crippen molar-refractivity contribution in [2.45, 2.75) is 16.7 Å². The van der Waals surface area contributed by atoms with Gasteiger partial charge in [-0.05, 0) is 49.4 Å². The first-order valence-corrected chi connectivity index (χ1v) is 17.8. The SMILES string of the molecule is Cc1nn(-c2cc(SOOO)cc(S(=O)(=O)O)c2)c(N=Nc2ncc(N(c3ccccc3)c3ccccc3)nc2NC(=O)CS(=O)(=O)O)c1C#N. The van der Waals surface area contributed by atoms with E-state index in [1.807, 2.05) is 6.07 Å². The molecule has 262 valence electrons. The summed E-state index contributed by atoms with van der Waals surface area (Å²) in [6.07, 6.45) is 1.29. The summed E-state index contributed by atoms with van der Waals surface area (Å²) in [6, 6.07) is 23.1. The molecule has 0 aliphatic carbocycles. The van der Waals surface area contributed by atoms with Gasteiger partial charge in [0, 0.05) is 16.3 Å². The molecule has 0 fully saturated rings. The summed E-state index contributed by atoms with van der Waals surface area (Å²) >= 11 is 0.373. The molecule has 19 nitrogen and oxygen atoms in total. The summed E-state index contributed by atoms with van der Waals surface area (Å²) in [4.78, 5) is 22.5. The molecule has 1 amide bonds. The standard InChI is InChI=1S/C29H23N9O10S3/c1-18-24(15-30)29(38(36-18)21-12-22(49-48-47-40)14-23(13-21)51(44,45)46)35-34-27-28(33-26(39)17-50(41,42)43)32-25(16-31-27)37(19-8-4-2-5-9-19)20-10-6-3-7-11-20/h2-14,16,40H,17H2,1H3,(H,32,33,39)(H,41,42,43)(H,44,45,46). The molecule has 0 radical (unpaired) electrons. The summed E-state index contributed by atoms with van der Waals surface area (Å²) in [5.41, 5.74) is 1.21. The van der Waals surface area contributed by atoms with E-state index in [1.54, 1.807) is 65.6 Å². The van der Waals surface area contributed by atoms with Gasteiger partial charge in [0.2, 0.25) is 11.7 Å². The Balaban J connectivity index is 1.65. The van der Waals surface area contributed by atoms with Crippen molar-refractivity contribution in [2.75, 3.05) is 16.0 Å². The van der Waals surface area contributed by atoms with Gasteiger partial charge in [0.25, 0.3) is 20.2 Å². The number of aromatic nitrogens is 4. The van der Waals surface area contributed by atoms with Gasteiger partial charge >= 0.3 is 0 Å². The molecule has 0 unspecified atom stereocenters. The Bertz CT molecular complexity index is 2330. The van der Waals surface area contributed by atoms with Crippen LogP contribution in [0.25, 0.3) is 5.69 Å². The number of benzene rings is 3. The lowest BCUT2D eigenvalue weighted by Gasteiger charge is -2.24. The van der Waals surface area contributed by atoms with Gasteiger partial charge in [-0.1, -0.05) is 41.4 Å². The lowest BCUT2D eigenvalue weighted by atomic mass is 10.2. The molecule has 51 heavy (non-hydrogen) atoms. The van der Waals surface area contributed by atoms with Crippen molar-refractivity contribution in [2.24, 2.45) is 10.2 Å². The lowest BCUT2D eigenvalue weighted by molar-refractivity contribution is -0.432. The molecule has 5 rings (SSSR count). The summed E-state index contributed by atoms with van der Waals surface area (Å²) in [6.45, 7) is 1.45. The highest BCUT2D eigenvalue weighted by atomic mass is 32.2. The maximum absolute atomic E-state index is 12.7. The van der Waals surface area contributed by atoms with E-state index in [0.29, 0.717) is 23.4 Å². The zero-order valence-corrected chi connectivity index (χ0v) is 28.2. The van der Waals surface area contributed by atoms with E-state index in [2.05, 4.69) is 40.0 Å². The highest BCUT2D eigenvalue weighted by Gasteiger charge is 2.23. The Hall–Kier alpha value is -5.64. The molecule has 22 heteroatoms. The van der Waals surface area contributed by atoms with Crippen LogP contribution in [0.3, 0.4) is 0 Å². The fourth-order valence-corrected chi connectivity index (χ4v) is 5.96. The first-order valence-electron chi connectivity index (χ1n) is 14.0. The number of carbonyl (C=O) groups is 1.